The Hall–Kier alpha value is -1.92. The van der Waals surface area contributed by atoms with E-state index in [1.807, 2.05) is 6.92 Å². The van der Waals surface area contributed by atoms with Gasteiger partial charge in [0.15, 0.2) is 0 Å². The number of nitrogens with one attached hydrogen (secondary N) is 1. The first kappa shape index (κ1) is 16.9. The summed E-state index contributed by atoms with van der Waals surface area (Å²) in [7, 11) is 0. The van der Waals surface area contributed by atoms with E-state index >= 15 is 0 Å². The van der Waals surface area contributed by atoms with E-state index in [2.05, 4.69) is 27.7 Å². The summed E-state index contributed by atoms with van der Waals surface area (Å²) in [4.78, 5) is 28.0. The van der Waals surface area contributed by atoms with Crippen molar-refractivity contribution in [2.45, 2.75) is 38.9 Å². The van der Waals surface area contributed by atoms with Crippen molar-refractivity contribution in [3.05, 3.63) is 56.6 Å². The van der Waals surface area contributed by atoms with Crippen molar-refractivity contribution in [3.8, 4) is 0 Å². The topological polar surface area (TPSA) is 54.3 Å². The molecule has 0 bridgehead atoms. The Labute approximate surface area is 145 Å². The third-order valence-electron chi connectivity index (χ3n) is 4.48. The van der Waals surface area contributed by atoms with Crippen molar-refractivity contribution in [1.29, 1.82) is 0 Å². The van der Waals surface area contributed by atoms with Crippen LogP contribution in [0.15, 0.2) is 40.6 Å². The molecule has 2 aromatic rings. The molecule has 0 unspecified atom stereocenters. The summed E-state index contributed by atoms with van der Waals surface area (Å²) in [6.45, 7) is 5.49. The Kier molecular flexibility index (Phi) is 5.48. The molecule has 0 saturated carbocycles. The van der Waals surface area contributed by atoms with Gasteiger partial charge in [-0.3, -0.25) is 14.5 Å². The zero-order valence-corrected chi connectivity index (χ0v) is 14.7. The van der Waals surface area contributed by atoms with Gasteiger partial charge in [0.25, 0.3) is 11.5 Å². The first-order valence-corrected chi connectivity index (χ1v) is 9.29. The van der Waals surface area contributed by atoms with Crippen LogP contribution in [-0.4, -0.2) is 34.5 Å². The van der Waals surface area contributed by atoms with Crippen LogP contribution in [0.25, 0.3) is 0 Å². The van der Waals surface area contributed by atoms with Gasteiger partial charge in [0.1, 0.15) is 0 Å². The molecule has 5 nitrogen and oxygen atoms in total. The van der Waals surface area contributed by atoms with Crippen LogP contribution in [0.4, 0.5) is 0 Å². The number of aromatic nitrogens is 1. The average molecular weight is 345 g/mol. The van der Waals surface area contributed by atoms with Crippen LogP contribution in [0.5, 0.6) is 0 Å². The molecule has 6 heteroatoms. The maximum atomic E-state index is 12.3. The van der Waals surface area contributed by atoms with E-state index in [1.54, 1.807) is 28.2 Å². The molecule has 1 saturated heterocycles. The minimum atomic E-state index is -0.146. The van der Waals surface area contributed by atoms with E-state index in [-0.39, 0.29) is 17.5 Å². The average Bonchev–Trinajstić information content (AvgIpc) is 3.09. The lowest BCUT2D eigenvalue weighted by atomic mass is 10.0. The quantitative estimate of drug-likeness (QED) is 0.905. The van der Waals surface area contributed by atoms with Crippen LogP contribution < -0.4 is 10.9 Å². The number of hydrogen-bond acceptors (Lipinski definition) is 4. The molecule has 1 amide bonds. The van der Waals surface area contributed by atoms with Gasteiger partial charge in [0.2, 0.25) is 0 Å². The molecule has 0 aromatic carbocycles. The second-order valence-electron chi connectivity index (χ2n) is 6.14. The molecule has 0 aliphatic carbocycles. The predicted octanol–water partition coefficient (Wildman–Crippen LogP) is 2.32. The second-order valence-corrected chi connectivity index (χ2v) is 7.18. The van der Waals surface area contributed by atoms with Crippen LogP contribution >= 0.6 is 11.3 Å². The Morgan fingerprint density at radius 3 is 2.75 bits per heavy atom. The Balaban J connectivity index is 1.51. The van der Waals surface area contributed by atoms with Gasteiger partial charge in [0, 0.05) is 54.9 Å². The van der Waals surface area contributed by atoms with E-state index in [9.17, 15) is 9.59 Å². The molecule has 0 spiro atoms. The van der Waals surface area contributed by atoms with Gasteiger partial charge >= 0.3 is 0 Å². The molecule has 2 aromatic heterocycles. The summed E-state index contributed by atoms with van der Waals surface area (Å²) in [6.07, 6.45) is 3.58. The molecule has 0 radical (unpaired) electrons. The third kappa shape index (κ3) is 4.13. The normalized spacial score (nSPS) is 16.2. The number of carbonyl (C=O) groups excluding carboxylic acids is 1. The van der Waals surface area contributed by atoms with Crippen molar-refractivity contribution in [2.24, 2.45) is 0 Å². The second kappa shape index (κ2) is 7.77. The number of piperidine rings is 1. The molecule has 1 N–H and O–H groups in total. The fourth-order valence-corrected chi connectivity index (χ4v) is 3.78. The molecule has 0 atom stereocenters. The summed E-state index contributed by atoms with van der Waals surface area (Å²) >= 11 is 1.79. The Bertz CT molecular complexity index is 731. The highest BCUT2D eigenvalue weighted by Crippen LogP contribution is 2.17. The first-order valence-electron chi connectivity index (χ1n) is 8.42. The van der Waals surface area contributed by atoms with E-state index in [0.717, 1.165) is 32.5 Å². The first-order chi connectivity index (χ1) is 11.7. The van der Waals surface area contributed by atoms with Crippen LogP contribution in [0.1, 0.15) is 35.0 Å². The SMILES string of the molecule is CCn1ccc(C(=O)NC2CCN(Cc3cccs3)CC2)cc1=O. The van der Waals surface area contributed by atoms with E-state index in [1.165, 1.54) is 10.9 Å². The fourth-order valence-electron chi connectivity index (χ4n) is 3.04. The monoisotopic (exact) mass is 345 g/mol. The minimum absolute atomic E-state index is 0.129. The maximum absolute atomic E-state index is 12.3. The lowest BCUT2D eigenvalue weighted by molar-refractivity contribution is 0.0909. The smallest absolute Gasteiger partial charge is 0.251 e. The summed E-state index contributed by atoms with van der Waals surface area (Å²) in [5, 5.41) is 5.17. The summed E-state index contributed by atoms with van der Waals surface area (Å²) in [6, 6.07) is 7.57. The molecule has 24 heavy (non-hydrogen) atoms. The fraction of sp³-hybridized carbons (Fsp3) is 0.444. The molecule has 3 heterocycles. The van der Waals surface area contributed by atoms with Gasteiger partial charge in [-0.05, 0) is 37.3 Å². The van der Waals surface area contributed by atoms with Crippen LogP contribution in [0.3, 0.4) is 0 Å². The number of rotatable bonds is 5. The van der Waals surface area contributed by atoms with Crippen molar-refractivity contribution in [1.82, 2.24) is 14.8 Å². The number of nitrogens with zero attached hydrogens (tertiary/aromatic N) is 2. The molecule has 128 valence electrons. The number of amides is 1. The molecule has 3 rings (SSSR count). The Morgan fingerprint density at radius 2 is 2.12 bits per heavy atom. The highest BCUT2D eigenvalue weighted by molar-refractivity contribution is 7.09. The molecular weight excluding hydrogens is 322 g/mol. The van der Waals surface area contributed by atoms with Gasteiger partial charge in [-0.15, -0.1) is 11.3 Å². The van der Waals surface area contributed by atoms with Gasteiger partial charge < -0.3 is 9.88 Å². The standard InChI is InChI=1S/C18H23N3O2S/c1-2-21-10-5-14(12-17(21)22)18(23)19-15-6-8-20(9-7-15)13-16-4-3-11-24-16/h3-5,10-12,15H,2,6-9,13H2,1H3,(H,19,23). The van der Waals surface area contributed by atoms with Gasteiger partial charge in [0.05, 0.1) is 0 Å². The van der Waals surface area contributed by atoms with Gasteiger partial charge in [-0.1, -0.05) is 6.07 Å². The van der Waals surface area contributed by atoms with E-state index in [0.29, 0.717) is 12.1 Å². The maximum Gasteiger partial charge on any atom is 0.251 e. The number of likely N-dealkylation sites (tertiary alicyclic amines) is 1. The molecular formula is C18H23N3O2S. The van der Waals surface area contributed by atoms with Crippen molar-refractivity contribution >= 4 is 17.2 Å². The van der Waals surface area contributed by atoms with Crippen molar-refractivity contribution in [3.63, 3.8) is 0 Å². The number of pyridine rings is 1. The van der Waals surface area contributed by atoms with Crippen LogP contribution in [0, 0.1) is 0 Å². The lowest BCUT2D eigenvalue weighted by Crippen LogP contribution is -2.44. The number of thiophene rings is 1. The summed E-state index contributed by atoms with van der Waals surface area (Å²) in [5.41, 5.74) is 0.321. The highest BCUT2D eigenvalue weighted by atomic mass is 32.1. The van der Waals surface area contributed by atoms with Crippen molar-refractivity contribution in [2.75, 3.05) is 13.1 Å². The van der Waals surface area contributed by atoms with E-state index in [4.69, 9.17) is 0 Å². The summed E-state index contributed by atoms with van der Waals surface area (Å²) < 4.78 is 1.58. The Morgan fingerprint density at radius 1 is 1.33 bits per heavy atom. The number of hydrogen-bond donors (Lipinski definition) is 1. The third-order valence-corrected chi connectivity index (χ3v) is 5.34. The van der Waals surface area contributed by atoms with Gasteiger partial charge in [-0.25, -0.2) is 0 Å². The molecule has 1 aliphatic rings. The van der Waals surface area contributed by atoms with Crippen LogP contribution in [-0.2, 0) is 13.1 Å². The lowest BCUT2D eigenvalue weighted by Gasteiger charge is -2.32. The molecule has 1 fully saturated rings. The zero-order chi connectivity index (χ0) is 16.9. The largest absolute Gasteiger partial charge is 0.349 e. The van der Waals surface area contributed by atoms with E-state index < -0.39 is 0 Å². The van der Waals surface area contributed by atoms with Crippen LogP contribution in [0.2, 0.25) is 0 Å². The predicted molar refractivity (Wildman–Crippen MR) is 96.5 cm³/mol. The molecule has 1 aliphatic heterocycles. The summed E-state index contributed by atoms with van der Waals surface area (Å²) in [5.74, 6) is -0.146. The van der Waals surface area contributed by atoms with Crippen molar-refractivity contribution < 1.29 is 4.79 Å². The number of aryl methyl sites for hydroxylation is 1. The van der Waals surface area contributed by atoms with Gasteiger partial charge in [-0.2, -0.15) is 0 Å². The highest BCUT2D eigenvalue weighted by Gasteiger charge is 2.21. The number of carbonyl (C=O) groups is 1. The zero-order valence-electron chi connectivity index (χ0n) is 13.9. The minimum Gasteiger partial charge on any atom is -0.349 e.